The molecule has 6 rings (SSSR count). The van der Waals surface area contributed by atoms with Crippen LogP contribution in [0.4, 0.5) is 5.69 Å². The zero-order valence-corrected chi connectivity index (χ0v) is 25.6. The maximum atomic E-state index is 13.2. The van der Waals surface area contributed by atoms with E-state index in [4.69, 9.17) is 9.47 Å². The van der Waals surface area contributed by atoms with E-state index in [1.807, 2.05) is 30.3 Å². The summed E-state index contributed by atoms with van der Waals surface area (Å²) in [7, 11) is 0. The lowest BCUT2D eigenvalue weighted by atomic mass is 10.0. The first-order valence-corrected chi connectivity index (χ1v) is 15.6. The second-order valence-electron chi connectivity index (χ2n) is 10.8. The van der Waals surface area contributed by atoms with Gasteiger partial charge in [-0.3, -0.25) is 9.59 Å². The Labute approximate surface area is 269 Å². The molecule has 1 fully saturated rings. The lowest BCUT2D eigenvalue weighted by molar-refractivity contribution is -0.245. The second-order valence-corrected chi connectivity index (χ2v) is 11.8. The summed E-state index contributed by atoms with van der Waals surface area (Å²) < 4.78 is 14.5. The van der Waals surface area contributed by atoms with E-state index in [1.54, 1.807) is 71.4 Å². The Bertz CT molecular complexity index is 1830. The summed E-state index contributed by atoms with van der Waals surface area (Å²) in [6, 6.07) is 28.1. The van der Waals surface area contributed by atoms with Crippen LogP contribution in [0.25, 0.3) is 5.69 Å². The molecule has 0 aliphatic carbocycles. The fraction of sp³-hybridized carbons (Fsp3) is 0.206. The van der Waals surface area contributed by atoms with Crippen LogP contribution in [-0.4, -0.2) is 54.0 Å². The summed E-state index contributed by atoms with van der Waals surface area (Å²) in [5.74, 6) is 0.239. The Morgan fingerprint density at radius 3 is 2.46 bits per heavy atom. The molecule has 0 bridgehead atoms. The number of carbonyl (C=O) groups is 2. The minimum absolute atomic E-state index is 0.0551. The predicted octanol–water partition coefficient (Wildman–Crippen LogP) is 5.65. The highest BCUT2D eigenvalue weighted by atomic mass is 32.2. The maximum absolute atomic E-state index is 13.2. The Morgan fingerprint density at radius 2 is 1.70 bits per heavy atom. The van der Waals surface area contributed by atoms with E-state index in [2.05, 4.69) is 20.8 Å². The van der Waals surface area contributed by atoms with Crippen LogP contribution in [0, 0.1) is 0 Å². The zero-order chi connectivity index (χ0) is 32.0. The minimum Gasteiger partial charge on any atom is -0.508 e. The van der Waals surface area contributed by atoms with Gasteiger partial charge in [0.25, 0.3) is 5.91 Å². The number of anilines is 1. The van der Waals surface area contributed by atoms with Crippen LogP contribution >= 0.6 is 11.8 Å². The molecule has 0 radical (unpaired) electrons. The fourth-order valence-electron chi connectivity index (χ4n) is 5.06. The largest absolute Gasteiger partial charge is 0.508 e. The summed E-state index contributed by atoms with van der Waals surface area (Å²) in [6.07, 6.45) is -0.820. The summed E-state index contributed by atoms with van der Waals surface area (Å²) in [4.78, 5) is 25.0. The number of aliphatic hydroxyl groups excluding tert-OH is 1. The number of amides is 1. The number of benzene rings is 4. The summed E-state index contributed by atoms with van der Waals surface area (Å²) in [6.45, 7) is 1.42. The highest BCUT2D eigenvalue weighted by molar-refractivity contribution is 7.99. The van der Waals surface area contributed by atoms with Crippen molar-refractivity contribution in [3.05, 3.63) is 125 Å². The first-order chi connectivity index (χ1) is 22.4. The number of hydrogen-bond donors (Lipinski definition) is 3. The van der Waals surface area contributed by atoms with Crippen molar-refractivity contribution in [2.24, 2.45) is 0 Å². The number of ketones is 1. The minimum atomic E-state index is -0.774. The third kappa shape index (κ3) is 7.32. The number of aromatic nitrogens is 4. The number of nitrogens with one attached hydrogen (secondary N) is 1. The van der Waals surface area contributed by atoms with Crippen molar-refractivity contribution < 1.29 is 29.3 Å². The maximum Gasteiger partial charge on any atom is 0.255 e. The van der Waals surface area contributed by atoms with Crippen molar-refractivity contribution in [3.8, 4) is 11.4 Å². The average Bonchev–Trinajstić information content (AvgIpc) is 3.56. The van der Waals surface area contributed by atoms with Crippen molar-refractivity contribution >= 4 is 29.1 Å². The molecule has 1 aromatic heterocycles. The average molecular weight is 638 g/mol. The third-order valence-corrected chi connectivity index (χ3v) is 8.55. The fourth-order valence-corrected chi connectivity index (χ4v) is 5.97. The van der Waals surface area contributed by atoms with Gasteiger partial charge in [0.2, 0.25) is 5.16 Å². The van der Waals surface area contributed by atoms with Gasteiger partial charge in [0.15, 0.2) is 12.1 Å². The molecule has 11 nitrogen and oxygen atoms in total. The molecule has 1 aliphatic heterocycles. The zero-order valence-electron chi connectivity index (χ0n) is 24.8. The number of hydrogen-bond acceptors (Lipinski definition) is 10. The van der Waals surface area contributed by atoms with Gasteiger partial charge < -0.3 is 25.0 Å². The van der Waals surface area contributed by atoms with Gasteiger partial charge in [-0.25, -0.2) is 0 Å². The van der Waals surface area contributed by atoms with E-state index in [0.717, 1.165) is 11.1 Å². The number of nitrogens with zero attached hydrogens (tertiary/aromatic N) is 4. The van der Waals surface area contributed by atoms with Gasteiger partial charge in [-0.1, -0.05) is 60.3 Å². The Kier molecular flexibility index (Phi) is 9.50. The molecule has 234 valence electrons. The number of Topliss-reactive ketones (excluding diaryl/α,β-unsaturated/α-hetero) is 1. The molecule has 1 amide bonds. The SMILES string of the molecule is CC(=O)c1cccc(NC(=O)c2cccc(C3OC(CSc4nnnn4-c4ccc(O)cc4)CC(c4ccc(CO)cc4)O3)c2)c1. The van der Waals surface area contributed by atoms with E-state index >= 15 is 0 Å². The predicted molar refractivity (Wildman–Crippen MR) is 171 cm³/mol. The van der Waals surface area contributed by atoms with Gasteiger partial charge in [0.1, 0.15) is 5.75 Å². The molecule has 0 spiro atoms. The molecule has 4 aromatic carbocycles. The molecular weight excluding hydrogens is 606 g/mol. The number of rotatable bonds is 10. The summed E-state index contributed by atoms with van der Waals surface area (Å²) in [5.41, 5.74) is 4.56. The van der Waals surface area contributed by atoms with Gasteiger partial charge in [-0.05, 0) is 77.0 Å². The number of phenolic OH excluding ortho intramolecular Hbond substituents is 1. The molecule has 3 unspecified atom stereocenters. The van der Waals surface area contributed by atoms with E-state index in [9.17, 15) is 19.8 Å². The molecule has 46 heavy (non-hydrogen) atoms. The number of aromatic hydroxyl groups is 1. The van der Waals surface area contributed by atoms with Crippen LogP contribution in [0.15, 0.2) is 102 Å². The van der Waals surface area contributed by atoms with Crippen LogP contribution in [0.1, 0.15) is 63.1 Å². The van der Waals surface area contributed by atoms with Gasteiger partial charge in [-0.15, -0.1) is 5.10 Å². The van der Waals surface area contributed by atoms with Crippen LogP contribution in [0.5, 0.6) is 5.75 Å². The molecule has 3 atom stereocenters. The standard InChI is InChI=1S/C34H31N5O6S/c1-21(41)24-4-3-7-27(17-24)35-32(43)25-5-2-6-26(16-25)33-44-30(18-31(45-33)23-10-8-22(19-40)9-11-23)20-46-34-36-37-38-39(34)28-12-14-29(42)15-13-28/h2-17,30-31,33,40,42H,18-20H2,1H3,(H,35,43). The lowest BCUT2D eigenvalue weighted by Gasteiger charge is -2.36. The molecule has 5 aromatic rings. The summed E-state index contributed by atoms with van der Waals surface area (Å²) >= 11 is 1.43. The lowest BCUT2D eigenvalue weighted by Crippen LogP contribution is -2.31. The van der Waals surface area contributed by atoms with E-state index in [0.29, 0.717) is 45.4 Å². The molecule has 1 aliphatic rings. The molecule has 3 N–H and O–H groups in total. The third-order valence-electron chi connectivity index (χ3n) is 7.50. The number of phenols is 1. The van der Waals surface area contributed by atoms with Gasteiger partial charge in [0.05, 0.1) is 24.5 Å². The first-order valence-electron chi connectivity index (χ1n) is 14.6. The normalized spacial score (nSPS) is 17.8. The van der Waals surface area contributed by atoms with Gasteiger partial charge in [0, 0.05) is 34.6 Å². The highest BCUT2D eigenvalue weighted by Gasteiger charge is 2.33. The number of tetrazole rings is 1. The van der Waals surface area contributed by atoms with Crippen LogP contribution < -0.4 is 5.32 Å². The highest BCUT2D eigenvalue weighted by Crippen LogP contribution is 2.39. The van der Waals surface area contributed by atoms with Crippen molar-refractivity contribution in [2.45, 2.75) is 43.6 Å². The number of carbonyl (C=O) groups excluding carboxylic acids is 2. The topological polar surface area (TPSA) is 149 Å². The quantitative estimate of drug-likeness (QED) is 0.130. The smallest absolute Gasteiger partial charge is 0.255 e. The van der Waals surface area contributed by atoms with Crippen molar-refractivity contribution in [1.82, 2.24) is 20.2 Å². The molecule has 12 heteroatoms. The number of thioether (sulfide) groups is 1. The monoisotopic (exact) mass is 637 g/mol. The van der Waals surface area contributed by atoms with E-state index < -0.39 is 6.29 Å². The second kappa shape index (κ2) is 14.0. The number of aliphatic hydroxyl groups is 1. The Morgan fingerprint density at radius 1 is 0.935 bits per heavy atom. The van der Waals surface area contributed by atoms with Crippen LogP contribution in [-0.2, 0) is 16.1 Å². The van der Waals surface area contributed by atoms with Gasteiger partial charge in [-0.2, -0.15) is 4.68 Å². The number of ether oxygens (including phenoxy) is 2. The Hall–Kier alpha value is -4.88. The van der Waals surface area contributed by atoms with Gasteiger partial charge >= 0.3 is 0 Å². The Balaban J connectivity index is 1.22. The van der Waals surface area contributed by atoms with Crippen LogP contribution in [0.3, 0.4) is 0 Å². The van der Waals surface area contributed by atoms with Crippen molar-refractivity contribution in [3.63, 3.8) is 0 Å². The molecule has 1 saturated heterocycles. The molecule has 0 saturated carbocycles. The molecular formula is C34H31N5O6S. The van der Waals surface area contributed by atoms with Crippen molar-refractivity contribution in [2.75, 3.05) is 11.1 Å². The van der Waals surface area contributed by atoms with E-state index in [-0.39, 0.29) is 36.3 Å². The van der Waals surface area contributed by atoms with Crippen LogP contribution in [0.2, 0.25) is 0 Å². The molecule has 2 heterocycles. The first kappa shape index (κ1) is 31.1. The van der Waals surface area contributed by atoms with Crippen molar-refractivity contribution in [1.29, 1.82) is 0 Å². The van der Waals surface area contributed by atoms with E-state index in [1.165, 1.54) is 18.7 Å². The summed E-state index contributed by atoms with van der Waals surface area (Å²) in [5, 5.41) is 34.7.